The molecule has 0 bridgehead atoms. The Bertz CT molecular complexity index is 96.1. The van der Waals surface area contributed by atoms with Crippen LogP contribution in [0.1, 0.15) is 0 Å². The van der Waals surface area contributed by atoms with Gasteiger partial charge >= 0.3 is 0 Å². The molecule has 0 amide bonds. The van der Waals surface area contributed by atoms with Gasteiger partial charge in [0.05, 0.1) is 0 Å². The van der Waals surface area contributed by atoms with E-state index < -0.39 is 0 Å². The van der Waals surface area contributed by atoms with Crippen molar-refractivity contribution in [3.05, 3.63) is 6.61 Å². The van der Waals surface area contributed by atoms with Gasteiger partial charge in [-0.1, -0.05) is 0 Å². The van der Waals surface area contributed by atoms with Crippen LogP contribution >= 0.6 is 0 Å². The summed E-state index contributed by atoms with van der Waals surface area (Å²) in [7, 11) is 1.95. The number of hydrogen-bond acceptors (Lipinski definition) is 5. The third-order valence-corrected chi connectivity index (χ3v) is 1.74. The fourth-order valence-corrected chi connectivity index (χ4v) is 0.984. The second kappa shape index (κ2) is 17.3. The van der Waals surface area contributed by atoms with Crippen molar-refractivity contribution in [2.45, 2.75) is 0 Å². The summed E-state index contributed by atoms with van der Waals surface area (Å²) in [6, 6.07) is 0. The summed E-state index contributed by atoms with van der Waals surface area (Å²) < 4.78 is 0. The Morgan fingerprint density at radius 2 is 1.33 bits per heavy atom. The number of hydrogen-bond donors (Lipinski definition) is 5. The molecule has 6 heteroatoms. The molecule has 0 spiro atoms. The molecule has 0 aromatic heterocycles. The third kappa shape index (κ3) is 17.5. The van der Waals surface area contributed by atoms with Crippen molar-refractivity contribution >= 4 is 0 Å². The van der Waals surface area contributed by atoms with Gasteiger partial charge in [-0.15, -0.1) is 6.54 Å². The van der Waals surface area contributed by atoms with Crippen molar-refractivity contribution in [2.75, 3.05) is 52.9 Å². The molecule has 0 unspecified atom stereocenters. The van der Waals surface area contributed by atoms with E-state index in [1.807, 2.05) is 7.05 Å². The zero-order chi connectivity index (χ0) is 10.5. The summed E-state index contributed by atoms with van der Waals surface area (Å²) in [5.41, 5.74) is 0. The van der Waals surface area contributed by atoms with Crippen LogP contribution < -0.4 is 21.3 Å². The molecule has 0 atom stereocenters. The molecule has 0 fully saturated rings. The van der Waals surface area contributed by atoms with E-state index in [1.165, 1.54) is 0 Å². The van der Waals surface area contributed by atoms with Crippen molar-refractivity contribution < 1.29 is 37.8 Å². The van der Waals surface area contributed by atoms with E-state index in [1.54, 1.807) is 0 Å². The number of rotatable bonds is 11. The predicted octanol–water partition coefficient (Wildman–Crippen LogP) is -1.49. The monoisotopic (exact) mass is 292 g/mol. The predicted molar refractivity (Wildman–Crippen MR) is 58.8 cm³/mol. The van der Waals surface area contributed by atoms with Crippen LogP contribution in [0.5, 0.6) is 0 Å². The summed E-state index contributed by atoms with van der Waals surface area (Å²) in [6.07, 6.45) is 0. The average molecular weight is 292 g/mol. The van der Waals surface area contributed by atoms with Gasteiger partial charge < -0.3 is 26.4 Å². The molecular weight excluding hydrogens is 269 g/mol. The standard InChI is InChI=1S/C9H23N4O.Y/c1-10-2-3-11-4-5-12-6-7-13-8-9-14;/h9-14H,2-8H2,1H3;/q-1;. The fraction of sp³-hybridized carbons (Fsp3) is 0.889. The van der Waals surface area contributed by atoms with E-state index in [4.69, 9.17) is 5.11 Å². The molecule has 0 heterocycles. The fourth-order valence-electron chi connectivity index (χ4n) is 0.984. The van der Waals surface area contributed by atoms with Crippen LogP contribution in [0.25, 0.3) is 0 Å². The van der Waals surface area contributed by atoms with Gasteiger partial charge in [0.1, 0.15) is 0 Å². The summed E-state index contributed by atoms with van der Waals surface area (Å²) in [6.45, 7) is 7.49. The van der Waals surface area contributed by atoms with Crippen LogP contribution in [0.2, 0.25) is 0 Å². The first kappa shape index (κ1) is 18.3. The first-order chi connectivity index (χ1) is 6.91. The normalized spacial score (nSPS) is 10.0. The first-order valence-electron chi connectivity index (χ1n) is 5.14. The third-order valence-electron chi connectivity index (χ3n) is 1.74. The molecule has 1 radical (unpaired) electrons. The number of aliphatic hydroxyl groups is 1. The average Bonchev–Trinajstić information content (AvgIpc) is 2.21. The molecule has 0 saturated heterocycles. The minimum absolute atomic E-state index is 0. The second-order valence-corrected chi connectivity index (χ2v) is 2.99. The Hall–Kier alpha value is 0.904. The molecular formula is C9H23N4OY-. The Morgan fingerprint density at radius 3 is 1.80 bits per heavy atom. The van der Waals surface area contributed by atoms with E-state index in [0.29, 0.717) is 6.54 Å². The topological polar surface area (TPSA) is 68.3 Å². The van der Waals surface area contributed by atoms with E-state index in [-0.39, 0.29) is 32.7 Å². The summed E-state index contributed by atoms with van der Waals surface area (Å²) in [4.78, 5) is 0. The molecule has 0 saturated carbocycles. The van der Waals surface area contributed by atoms with Crippen LogP contribution in [-0.4, -0.2) is 58.0 Å². The molecule has 5 nitrogen and oxygen atoms in total. The molecule has 0 aliphatic heterocycles. The maximum absolute atomic E-state index is 8.37. The van der Waals surface area contributed by atoms with Crippen molar-refractivity contribution in [1.82, 2.24) is 21.3 Å². The maximum Gasteiger partial charge on any atom is 0.00772 e. The largest absolute Gasteiger partial charge is 0.565 e. The van der Waals surface area contributed by atoms with Crippen molar-refractivity contribution in [3.63, 3.8) is 0 Å². The van der Waals surface area contributed by atoms with E-state index >= 15 is 0 Å². The molecule has 0 aliphatic carbocycles. The smallest absolute Gasteiger partial charge is 0.00772 e. The van der Waals surface area contributed by atoms with Crippen LogP contribution in [0.4, 0.5) is 0 Å². The van der Waals surface area contributed by atoms with Crippen molar-refractivity contribution in [3.8, 4) is 0 Å². The second-order valence-electron chi connectivity index (χ2n) is 2.99. The Labute approximate surface area is 118 Å². The molecule has 5 N–H and O–H groups in total. The van der Waals surface area contributed by atoms with E-state index in [9.17, 15) is 0 Å². The maximum atomic E-state index is 8.37. The minimum atomic E-state index is 0. The van der Waals surface area contributed by atoms with Crippen LogP contribution in [-0.2, 0) is 32.7 Å². The summed E-state index contributed by atoms with van der Waals surface area (Å²) in [5, 5.41) is 21.1. The van der Waals surface area contributed by atoms with Crippen LogP contribution in [0, 0.1) is 6.61 Å². The Kier molecular flexibility index (Phi) is 21.1. The molecule has 0 aromatic rings. The molecule has 0 aliphatic rings. The van der Waals surface area contributed by atoms with Gasteiger partial charge in [-0.3, -0.25) is 0 Å². The number of likely N-dealkylation sites (N-methyl/N-ethyl adjacent to an activating group) is 1. The van der Waals surface area contributed by atoms with Gasteiger partial charge in [-0.25, -0.2) is 6.61 Å². The van der Waals surface area contributed by atoms with Crippen LogP contribution in [0.15, 0.2) is 0 Å². The molecule has 0 rings (SSSR count). The van der Waals surface area contributed by atoms with Gasteiger partial charge in [0.25, 0.3) is 0 Å². The van der Waals surface area contributed by atoms with Gasteiger partial charge in [0.2, 0.25) is 0 Å². The zero-order valence-electron chi connectivity index (χ0n) is 9.55. The van der Waals surface area contributed by atoms with Crippen molar-refractivity contribution in [2.24, 2.45) is 0 Å². The molecule has 15 heavy (non-hydrogen) atoms. The van der Waals surface area contributed by atoms with Gasteiger partial charge in [0.15, 0.2) is 0 Å². The Morgan fingerprint density at radius 1 is 0.867 bits per heavy atom. The Balaban J connectivity index is 0. The number of nitrogens with one attached hydrogen (secondary N) is 4. The quantitative estimate of drug-likeness (QED) is 0.237. The zero-order valence-corrected chi connectivity index (χ0v) is 12.4. The summed E-state index contributed by atoms with van der Waals surface area (Å²) >= 11 is 0. The van der Waals surface area contributed by atoms with E-state index in [0.717, 1.165) is 45.9 Å². The first-order valence-corrected chi connectivity index (χ1v) is 5.14. The molecule has 89 valence electrons. The van der Waals surface area contributed by atoms with Gasteiger partial charge in [-0.2, -0.15) is 0 Å². The molecule has 0 aromatic carbocycles. The summed E-state index contributed by atoms with van der Waals surface area (Å²) in [5.74, 6) is 0. The SMILES string of the molecule is CNCCNCCNCCNC[CH-]O.[Y]. The van der Waals surface area contributed by atoms with Crippen LogP contribution in [0.3, 0.4) is 0 Å². The van der Waals surface area contributed by atoms with E-state index in [2.05, 4.69) is 21.3 Å². The van der Waals surface area contributed by atoms with Gasteiger partial charge in [0, 0.05) is 72.0 Å². The van der Waals surface area contributed by atoms with Gasteiger partial charge in [-0.05, 0) is 7.05 Å². The van der Waals surface area contributed by atoms with Crippen molar-refractivity contribution in [1.29, 1.82) is 0 Å². The minimum Gasteiger partial charge on any atom is -0.565 e. The number of aliphatic hydroxyl groups excluding tert-OH is 1.